The fraction of sp³-hybridized carbons (Fsp3) is 0.250. The number of phenols is 3. The number of ether oxygens (including phenoxy) is 2. The van der Waals surface area contributed by atoms with Crippen LogP contribution in [0.2, 0.25) is 0 Å². The minimum absolute atomic E-state index is 0.0395. The molecule has 0 radical (unpaired) electrons. The van der Waals surface area contributed by atoms with Crippen LogP contribution in [0.4, 0.5) is 0 Å². The Labute approximate surface area is 249 Å². The van der Waals surface area contributed by atoms with Crippen LogP contribution in [0.5, 0.6) is 51.7 Å². The number of aliphatic carboxylic acids is 3. The first-order chi connectivity index (χ1) is 21.0. The van der Waals surface area contributed by atoms with Crippen molar-refractivity contribution in [3.8, 4) is 51.7 Å². The summed E-state index contributed by atoms with van der Waals surface area (Å²) in [5, 5.41) is 60.3. The van der Waals surface area contributed by atoms with E-state index in [-0.39, 0.29) is 89.7 Å². The third kappa shape index (κ3) is 6.22. The quantitative estimate of drug-likeness (QED) is 0.183. The molecule has 2 aliphatic rings. The summed E-state index contributed by atoms with van der Waals surface area (Å²) in [5.74, 6) is -5.81. The Morgan fingerprint density at radius 2 is 0.932 bits per heavy atom. The van der Waals surface area contributed by atoms with Gasteiger partial charge in [-0.3, -0.25) is 0 Å². The van der Waals surface area contributed by atoms with Crippen LogP contribution in [0, 0.1) is 0 Å². The van der Waals surface area contributed by atoms with E-state index in [1.54, 1.807) is 0 Å². The van der Waals surface area contributed by atoms with E-state index in [0.717, 1.165) is 0 Å². The molecule has 0 saturated carbocycles. The molecule has 3 aromatic carbocycles. The van der Waals surface area contributed by atoms with E-state index in [9.17, 15) is 29.7 Å². The van der Waals surface area contributed by atoms with Gasteiger partial charge >= 0.3 is 249 Å². The topological polar surface area (TPSA) is 228 Å². The molecule has 0 fully saturated rings. The predicted molar refractivity (Wildman–Crippen MR) is 149 cm³/mol. The zero-order valence-corrected chi connectivity index (χ0v) is 23.8. The summed E-state index contributed by atoms with van der Waals surface area (Å²) >= 11 is 0. The summed E-state index contributed by atoms with van der Waals surface area (Å²) in [7, 11) is -4.66. The molecule has 0 amide bonds. The van der Waals surface area contributed by atoms with E-state index in [0.29, 0.717) is 0 Å². The summed E-state index contributed by atoms with van der Waals surface area (Å²) < 4.78 is 35.6. The van der Waals surface area contributed by atoms with Crippen molar-refractivity contribution in [2.45, 2.75) is 38.5 Å². The fourth-order valence-corrected chi connectivity index (χ4v) is 6.52. The maximum atomic E-state index is 11.2. The van der Waals surface area contributed by atoms with E-state index in [1.807, 2.05) is 0 Å². The number of fused-ring (bicyclic) bond motifs is 3. The first kappa shape index (κ1) is 30.2. The first-order valence-corrected chi connectivity index (χ1v) is 14.8. The van der Waals surface area contributed by atoms with Crippen molar-refractivity contribution in [2.75, 3.05) is 6.79 Å². The summed E-state index contributed by atoms with van der Waals surface area (Å²) in [6.07, 6.45) is -1.03. The van der Waals surface area contributed by atoms with Gasteiger partial charge in [0.05, 0.1) is 0 Å². The number of aromatic hydroxyl groups is 3. The van der Waals surface area contributed by atoms with Gasteiger partial charge in [-0.05, 0) is 0 Å². The second-order valence-corrected chi connectivity index (χ2v) is 11.5. The van der Waals surface area contributed by atoms with Crippen molar-refractivity contribution in [2.24, 2.45) is 0 Å². The first-order valence-electron chi connectivity index (χ1n) is 13.2. The van der Waals surface area contributed by atoms with Gasteiger partial charge in [0.1, 0.15) is 0 Å². The van der Waals surface area contributed by atoms with Crippen LogP contribution in [-0.4, -0.2) is 55.3 Å². The van der Waals surface area contributed by atoms with Gasteiger partial charge in [0.2, 0.25) is 0 Å². The van der Waals surface area contributed by atoms with E-state index in [4.69, 9.17) is 42.9 Å². The van der Waals surface area contributed by atoms with Gasteiger partial charge in [0, 0.05) is 0 Å². The molecule has 2 heterocycles. The van der Waals surface area contributed by atoms with E-state index < -0.39 is 50.1 Å². The van der Waals surface area contributed by atoms with Crippen LogP contribution in [0.25, 0.3) is 0 Å². The molecular formula is C28H27O15P. The van der Waals surface area contributed by atoms with Gasteiger partial charge < -0.3 is 0 Å². The second kappa shape index (κ2) is 12.1. The molecule has 0 unspecified atom stereocenters. The number of aryl methyl sites for hydroxylation is 3. The molecule has 234 valence electrons. The number of carboxylic acids is 3. The Kier molecular flexibility index (Phi) is 8.32. The van der Waals surface area contributed by atoms with E-state index in [1.165, 1.54) is 36.4 Å². The van der Waals surface area contributed by atoms with Gasteiger partial charge in [0.25, 0.3) is 0 Å². The zero-order valence-electron chi connectivity index (χ0n) is 22.8. The normalized spacial score (nSPS) is 14.9. The Bertz CT molecular complexity index is 1640. The third-order valence-electron chi connectivity index (χ3n) is 6.70. The summed E-state index contributed by atoms with van der Waals surface area (Å²) in [5.41, 5.74) is 0.641. The molecular weight excluding hydrogens is 607 g/mol. The van der Waals surface area contributed by atoms with Gasteiger partial charge in [-0.2, -0.15) is 0 Å². The molecule has 1 spiro atoms. The SMILES string of the molecule is O=C(O)CCc1ccc2c(c1O)OCOc1ccc(CCC(=O)O)c(O)c1O[PH]1(O2)Oc2ccc(CCC(=O)O)c(O)c2O1. The van der Waals surface area contributed by atoms with Crippen LogP contribution in [0.15, 0.2) is 36.4 Å². The third-order valence-corrected chi connectivity index (χ3v) is 8.55. The van der Waals surface area contributed by atoms with Crippen LogP contribution >= 0.6 is 8.17 Å². The standard InChI is InChI=1S/C28H27O15P/c29-20(30)10-4-14-2-8-18-26(23(14)35)39-13-38-17-7-1-15(5-11-21(31)32)24(36)27(17)42-44(40-18)41-19-9-3-16(6-12-22(33)34)25(37)28(19)43-44/h1-3,7-9,35-37,44H,4-6,10-13H2,(H,29,30)(H,31,32)(H,33,34). The van der Waals surface area contributed by atoms with Crippen LogP contribution in [-0.2, 0) is 33.6 Å². The molecule has 3 aromatic rings. The summed E-state index contributed by atoms with van der Waals surface area (Å²) in [4.78, 5) is 33.4. The number of hydrogen-bond donors (Lipinski definition) is 6. The van der Waals surface area contributed by atoms with Crippen molar-refractivity contribution in [1.82, 2.24) is 0 Å². The second-order valence-electron chi connectivity index (χ2n) is 9.70. The van der Waals surface area contributed by atoms with Gasteiger partial charge in [-0.25, -0.2) is 0 Å². The Morgan fingerprint density at radius 1 is 0.545 bits per heavy atom. The van der Waals surface area contributed by atoms with Gasteiger partial charge in [-0.1, -0.05) is 0 Å². The molecule has 15 nitrogen and oxygen atoms in total. The molecule has 5 rings (SSSR count). The number of benzene rings is 3. The molecule has 2 aliphatic heterocycles. The molecule has 44 heavy (non-hydrogen) atoms. The van der Waals surface area contributed by atoms with Crippen molar-refractivity contribution in [3.05, 3.63) is 53.1 Å². The molecule has 0 aromatic heterocycles. The van der Waals surface area contributed by atoms with Crippen molar-refractivity contribution in [1.29, 1.82) is 0 Å². The van der Waals surface area contributed by atoms with Gasteiger partial charge in [0.15, 0.2) is 0 Å². The molecule has 0 aliphatic carbocycles. The van der Waals surface area contributed by atoms with Crippen molar-refractivity contribution >= 4 is 26.1 Å². The Morgan fingerprint density at radius 3 is 1.39 bits per heavy atom. The Balaban J connectivity index is 1.59. The van der Waals surface area contributed by atoms with Crippen molar-refractivity contribution < 1.29 is 72.6 Å². The monoisotopic (exact) mass is 634 g/mol. The van der Waals surface area contributed by atoms with Crippen molar-refractivity contribution in [3.63, 3.8) is 0 Å². The molecule has 0 saturated heterocycles. The minimum atomic E-state index is -4.66. The van der Waals surface area contributed by atoms with Crippen LogP contribution in [0.3, 0.4) is 0 Å². The molecule has 6 N–H and O–H groups in total. The van der Waals surface area contributed by atoms with E-state index >= 15 is 0 Å². The van der Waals surface area contributed by atoms with E-state index in [2.05, 4.69) is 0 Å². The number of phenolic OH excluding ortho intramolecular Hbond substituents is 3. The molecule has 0 atom stereocenters. The number of carboxylic acid groups (broad SMARTS) is 3. The summed E-state index contributed by atoms with van der Waals surface area (Å²) in [6, 6.07) is 8.39. The average Bonchev–Trinajstić information content (AvgIpc) is 3.33. The average molecular weight is 634 g/mol. The van der Waals surface area contributed by atoms with Crippen LogP contribution in [0.1, 0.15) is 36.0 Å². The Hall–Kier alpha value is -5.30. The molecule has 16 heteroatoms. The number of rotatable bonds is 9. The maximum absolute atomic E-state index is 11.2. The number of carbonyl (C=O) groups is 3. The van der Waals surface area contributed by atoms with Crippen LogP contribution < -0.4 is 27.6 Å². The predicted octanol–water partition coefficient (Wildman–Crippen LogP) is 3.92. The zero-order chi connectivity index (χ0) is 31.6. The number of hydrogen-bond acceptors (Lipinski definition) is 12. The summed E-state index contributed by atoms with van der Waals surface area (Å²) in [6.45, 7) is -0.541. The molecule has 0 bridgehead atoms. The fourth-order valence-electron chi connectivity index (χ4n) is 4.52. The van der Waals surface area contributed by atoms with Gasteiger partial charge in [-0.15, -0.1) is 0 Å².